The molecule has 4 heteroatoms. The SMILES string of the molecule is O=S1(=O)C[C@H]2CNC[C@@H](C2)C1. The summed E-state index contributed by atoms with van der Waals surface area (Å²) < 4.78 is 22.5. The van der Waals surface area contributed by atoms with Gasteiger partial charge in [-0.3, -0.25) is 0 Å². The number of rotatable bonds is 0. The predicted octanol–water partition coefficient (Wildman–Crippen LogP) is -0.360. The van der Waals surface area contributed by atoms with Crippen LogP contribution in [0.1, 0.15) is 6.42 Å². The molecule has 2 rings (SSSR count). The molecule has 0 unspecified atom stereocenters. The Labute approximate surface area is 67.1 Å². The summed E-state index contributed by atoms with van der Waals surface area (Å²) in [5.41, 5.74) is 0. The quantitative estimate of drug-likeness (QED) is 0.547. The molecule has 0 spiro atoms. The highest BCUT2D eigenvalue weighted by atomic mass is 32.2. The molecule has 2 aliphatic heterocycles. The Balaban J connectivity index is 2.18. The lowest BCUT2D eigenvalue weighted by Crippen LogP contribution is -2.46. The number of piperidine rings is 1. The molecule has 3 nitrogen and oxygen atoms in total. The van der Waals surface area contributed by atoms with Crippen LogP contribution < -0.4 is 5.32 Å². The Kier molecular flexibility index (Phi) is 1.68. The largest absolute Gasteiger partial charge is 0.316 e. The van der Waals surface area contributed by atoms with Gasteiger partial charge in [0.25, 0.3) is 0 Å². The third-order valence-electron chi connectivity index (χ3n) is 2.51. The highest BCUT2D eigenvalue weighted by molar-refractivity contribution is 7.91. The van der Waals surface area contributed by atoms with Crippen LogP contribution in [-0.2, 0) is 9.84 Å². The van der Waals surface area contributed by atoms with Crippen LogP contribution in [-0.4, -0.2) is 33.0 Å². The minimum atomic E-state index is -2.68. The molecule has 2 fully saturated rings. The molecule has 11 heavy (non-hydrogen) atoms. The topological polar surface area (TPSA) is 46.2 Å². The van der Waals surface area contributed by atoms with E-state index in [1.54, 1.807) is 0 Å². The highest BCUT2D eigenvalue weighted by Crippen LogP contribution is 2.25. The van der Waals surface area contributed by atoms with E-state index < -0.39 is 9.84 Å². The molecular weight excluding hydrogens is 162 g/mol. The monoisotopic (exact) mass is 175 g/mol. The van der Waals surface area contributed by atoms with Crippen LogP contribution in [0.3, 0.4) is 0 Å². The molecule has 2 heterocycles. The van der Waals surface area contributed by atoms with E-state index in [1.165, 1.54) is 0 Å². The maximum Gasteiger partial charge on any atom is 0.150 e. The zero-order chi connectivity index (χ0) is 7.90. The molecule has 2 aliphatic rings. The second kappa shape index (κ2) is 2.45. The average molecular weight is 175 g/mol. The van der Waals surface area contributed by atoms with E-state index >= 15 is 0 Å². The zero-order valence-corrected chi connectivity index (χ0v) is 7.23. The third kappa shape index (κ3) is 1.56. The Morgan fingerprint density at radius 2 is 1.64 bits per heavy atom. The standard InChI is InChI=1S/C7H13NO2S/c9-11(10)4-6-1-7(5-11)3-8-2-6/h6-8H,1-5H2/t6-,7-/m1/s1. The fraction of sp³-hybridized carbons (Fsp3) is 1.00. The van der Waals surface area contributed by atoms with Crippen molar-refractivity contribution in [2.24, 2.45) is 11.8 Å². The van der Waals surface area contributed by atoms with Gasteiger partial charge in [0.15, 0.2) is 9.84 Å². The van der Waals surface area contributed by atoms with Gasteiger partial charge in [0.1, 0.15) is 0 Å². The molecule has 0 aromatic rings. The maximum atomic E-state index is 11.2. The molecule has 1 N–H and O–H groups in total. The van der Waals surface area contributed by atoms with Crippen molar-refractivity contribution >= 4 is 9.84 Å². The lowest BCUT2D eigenvalue weighted by Gasteiger charge is -2.34. The van der Waals surface area contributed by atoms with E-state index in [9.17, 15) is 8.42 Å². The number of fused-ring (bicyclic) bond motifs is 2. The lowest BCUT2D eigenvalue weighted by atomic mass is 9.93. The lowest BCUT2D eigenvalue weighted by molar-refractivity contribution is 0.307. The summed E-state index contributed by atoms with van der Waals surface area (Å²) in [4.78, 5) is 0. The van der Waals surface area contributed by atoms with E-state index in [0.29, 0.717) is 23.3 Å². The van der Waals surface area contributed by atoms with Gasteiger partial charge in [0, 0.05) is 0 Å². The van der Waals surface area contributed by atoms with Crippen molar-refractivity contribution in [3.63, 3.8) is 0 Å². The summed E-state index contributed by atoms with van der Waals surface area (Å²) in [6, 6.07) is 0. The molecule has 2 atom stereocenters. The smallest absolute Gasteiger partial charge is 0.150 e. The van der Waals surface area contributed by atoms with E-state index in [4.69, 9.17) is 0 Å². The van der Waals surface area contributed by atoms with Gasteiger partial charge >= 0.3 is 0 Å². The fourth-order valence-corrected chi connectivity index (χ4v) is 4.25. The molecule has 0 aliphatic carbocycles. The molecule has 64 valence electrons. The summed E-state index contributed by atoms with van der Waals surface area (Å²) in [6.07, 6.45) is 1.12. The van der Waals surface area contributed by atoms with Gasteiger partial charge in [0.05, 0.1) is 11.5 Å². The Hall–Kier alpha value is -0.0900. The zero-order valence-electron chi connectivity index (χ0n) is 6.41. The highest BCUT2D eigenvalue weighted by Gasteiger charge is 2.34. The molecule has 0 radical (unpaired) electrons. The van der Waals surface area contributed by atoms with E-state index in [1.807, 2.05) is 0 Å². The summed E-state index contributed by atoms with van der Waals surface area (Å²) in [7, 11) is -2.68. The molecule has 0 amide bonds. The first-order valence-corrected chi connectivity index (χ1v) is 5.89. The second-order valence-electron chi connectivity index (χ2n) is 3.70. The van der Waals surface area contributed by atoms with Crippen LogP contribution in [0.25, 0.3) is 0 Å². The summed E-state index contributed by atoms with van der Waals surface area (Å²) in [5.74, 6) is 1.62. The Bertz CT molecular complexity index is 229. The van der Waals surface area contributed by atoms with Gasteiger partial charge in [-0.05, 0) is 31.3 Å². The van der Waals surface area contributed by atoms with Crippen molar-refractivity contribution in [3.8, 4) is 0 Å². The van der Waals surface area contributed by atoms with Crippen LogP contribution in [0.2, 0.25) is 0 Å². The van der Waals surface area contributed by atoms with Crippen LogP contribution in [0.4, 0.5) is 0 Å². The third-order valence-corrected chi connectivity index (χ3v) is 4.47. The molecule has 2 bridgehead atoms. The van der Waals surface area contributed by atoms with Crippen LogP contribution >= 0.6 is 0 Å². The molecule has 0 saturated carbocycles. The van der Waals surface area contributed by atoms with Crippen molar-refractivity contribution in [1.29, 1.82) is 0 Å². The molecule has 2 saturated heterocycles. The van der Waals surface area contributed by atoms with Gasteiger partial charge in [-0.1, -0.05) is 0 Å². The molecule has 0 aromatic carbocycles. The minimum Gasteiger partial charge on any atom is -0.316 e. The summed E-state index contributed by atoms with van der Waals surface area (Å²) in [5, 5.41) is 3.26. The number of hydrogen-bond donors (Lipinski definition) is 1. The maximum absolute atomic E-state index is 11.2. The van der Waals surface area contributed by atoms with Gasteiger partial charge in [-0.2, -0.15) is 0 Å². The second-order valence-corrected chi connectivity index (χ2v) is 5.86. The van der Waals surface area contributed by atoms with Crippen molar-refractivity contribution in [3.05, 3.63) is 0 Å². The van der Waals surface area contributed by atoms with E-state index in [0.717, 1.165) is 19.5 Å². The van der Waals surface area contributed by atoms with Crippen molar-refractivity contribution in [2.75, 3.05) is 24.6 Å². The number of sulfone groups is 1. The van der Waals surface area contributed by atoms with Gasteiger partial charge in [-0.25, -0.2) is 8.42 Å². The first-order chi connectivity index (χ1) is 5.16. The van der Waals surface area contributed by atoms with Crippen LogP contribution in [0.5, 0.6) is 0 Å². The van der Waals surface area contributed by atoms with Gasteiger partial charge < -0.3 is 5.32 Å². The van der Waals surface area contributed by atoms with Gasteiger partial charge in [0.2, 0.25) is 0 Å². The molecule has 0 aromatic heterocycles. The van der Waals surface area contributed by atoms with E-state index in [-0.39, 0.29) is 0 Å². The van der Waals surface area contributed by atoms with Gasteiger partial charge in [-0.15, -0.1) is 0 Å². The van der Waals surface area contributed by atoms with Crippen molar-refractivity contribution in [2.45, 2.75) is 6.42 Å². The van der Waals surface area contributed by atoms with Crippen LogP contribution in [0.15, 0.2) is 0 Å². The Morgan fingerprint density at radius 3 is 2.18 bits per heavy atom. The van der Waals surface area contributed by atoms with Crippen molar-refractivity contribution < 1.29 is 8.42 Å². The number of nitrogens with one attached hydrogen (secondary N) is 1. The summed E-state index contributed by atoms with van der Waals surface area (Å²) in [6.45, 7) is 1.80. The summed E-state index contributed by atoms with van der Waals surface area (Å²) >= 11 is 0. The Morgan fingerprint density at radius 1 is 1.09 bits per heavy atom. The predicted molar refractivity (Wildman–Crippen MR) is 43.1 cm³/mol. The number of hydrogen-bond acceptors (Lipinski definition) is 3. The first kappa shape index (κ1) is 7.55. The molecular formula is C7H13NO2S. The van der Waals surface area contributed by atoms with Crippen LogP contribution in [0, 0.1) is 11.8 Å². The minimum absolute atomic E-state index is 0.396. The normalized spacial score (nSPS) is 41.8. The van der Waals surface area contributed by atoms with Crippen molar-refractivity contribution in [1.82, 2.24) is 5.32 Å². The fourth-order valence-electron chi connectivity index (χ4n) is 2.17. The average Bonchev–Trinajstić information content (AvgIpc) is 1.82. The van der Waals surface area contributed by atoms with E-state index in [2.05, 4.69) is 5.32 Å². The first-order valence-electron chi connectivity index (χ1n) is 4.07.